The first-order chi connectivity index (χ1) is 8.11. The molecule has 17 heavy (non-hydrogen) atoms. The zero-order valence-corrected chi connectivity index (χ0v) is 11.9. The minimum Gasteiger partial charge on any atom is -0.334 e. The number of carbonyl (C=O) groups is 1. The minimum atomic E-state index is -0.394. The summed E-state index contributed by atoms with van der Waals surface area (Å²) in [5.74, 6) is 1.40. The Bertz CT molecular complexity index is 441. The van der Waals surface area contributed by atoms with Crippen LogP contribution in [0.1, 0.15) is 17.3 Å². The third-order valence-electron chi connectivity index (χ3n) is 2.81. The van der Waals surface area contributed by atoms with E-state index in [0.29, 0.717) is 5.56 Å². The smallest absolute Gasteiger partial charge is 0.255 e. The van der Waals surface area contributed by atoms with E-state index in [1.807, 2.05) is 23.6 Å². The average molecular weight is 318 g/mol. The zero-order valence-electron chi connectivity index (χ0n) is 9.45. The number of benzene rings is 1. The molecule has 1 amide bonds. The summed E-state index contributed by atoms with van der Waals surface area (Å²) in [7, 11) is 0. The molecule has 0 radical (unpaired) electrons. The van der Waals surface area contributed by atoms with Gasteiger partial charge in [0, 0.05) is 24.1 Å². The van der Waals surface area contributed by atoms with Crippen molar-refractivity contribution in [3.05, 3.63) is 34.1 Å². The first-order valence-electron chi connectivity index (χ1n) is 5.44. The van der Waals surface area contributed by atoms with Gasteiger partial charge < -0.3 is 4.90 Å². The fourth-order valence-electron chi connectivity index (χ4n) is 1.85. The van der Waals surface area contributed by atoms with E-state index in [0.717, 1.165) is 18.1 Å². The number of halogens is 2. The molecule has 1 saturated heterocycles. The van der Waals surface area contributed by atoms with E-state index in [9.17, 15) is 9.18 Å². The largest absolute Gasteiger partial charge is 0.334 e. The monoisotopic (exact) mass is 317 g/mol. The normalized spacial score (nSPS) is 20.4. The highest BCUT2D eigenvalue weighted by molar-refractivity contribution is 9.10. The summed E-state index contributed by atoms with van der Waals surface area (Å²) >= 11 is 4.99. The van der Waals surface area contributed by atoms with Crippen molar-refractivity contribution in [3.8, 4) is 0 Å². The molecule has 0 aromatic heterocycles. The van der Waals surface area contributed by atoms with Gasteiger partial charge >= 0.3 is 0 Å². The van der Waals surface area contributed by atoms with Gasteiger partial charge in [-0.3, -0.25) is 4.79 Å². The van der Waals surface area contributed by atoms with Gasteiger partial charge in [0.05, 0.1) is 10.0 Å². The minimum absolute atomic E-state index is 0.0934. The lowest BCUT2D eigenvalue weighted by molar-refractivity contribution is 0.0714. The predicted molar refractivity (Wildman–Crippen MR) is 71.9 cm³/mol. The van der Waals surface area contributed by atoms with Crippen LogP contribution in [0.25, 0.3) is 0 Å². The lowest BCUT2D eigenvalue weighted by Crippen LogP contribution is -2.44. The number of rotatable bonds is 1. The maximum absolute atomic E-state index is 13.4. The summed E-state index contributed by atoms with van der Waals surface area (Å²) in [5.41, 5.74) is 0.406. The van der Waals surface area contributed by atoms with Crippen LogP contribution in [0.4, 0.5) is 4.39 Å². The highest BCUT2D eigenvalue weighted by Gasteiger charge is 2.26. The van der Waals surface area contributed by atoms with Gasteiger partial charge in [-0.25, -0.2) is 4.39 Å². The molecule has 2 rings (SSSR count). The number of hydrogen-bond acceptors (Lipinski definition) is 2. The molecule has 1 unspecified atom stereocenters. The molecular formula is C12H13BrFNOS. The maximum atomic E-state index is 13.4. The lowest BCUT2D eigenvalue weighted by atomic mass is 10.1. The summed E-state index contributed by atoms with van der Waals surface area (Å²) in [6, 6.07) is 4.77. The van der Waals surface area contributed by atoms with Gasteiger partial charge in [-0.05, 0) is 35.0 Å². The summed E-state index contributed by atoms with van der Waals surface area (Å²) < 4.78 is 13.6. The molecule has 0 bridgehead atoms. The molecule has 1 atom stereocenters. The molecule has 1 aliphatic rings. The van der Waals surface area contributed by atoms with Gasteiger partial charge in [-0.2, -0.15) is 11.8 Å². The quantitative estimate of drug-likeness (QED) is 0.793. The standard InChI is InChI=1S/C12H13BrFNOS/c1-8-7-17-6-5-15(8)12(16)9-3-2-4-10(14)11(9)13/h2-4,8H,5-7H2,1H3. The van der Waals surface area contributed by atoms with E-state index in [2.05, 4.69) is 15.9 Å². The summed E-state index contributed by atoms with van der Waals surface area (Å²) in [5, 5.41) is 0. The van der Waals surface area contributed by atoms with E-state index < -0.39 is 5.82 Å². The maximum Gasteiger partial charge on any atom is 0.255 e. The van der Waals surface area contributed by atoms with Crippen molar-refractivity contribution >= 4 is 33.6 Å². The molecule has 1 heterocycles. The van der Waals surface area contributed by atoms with Crippen molar-refractivity contribution in [1.29, 1.82) is 0 Å². The van der Waals surface area contributed by atoms with Crippen molar-refractivity contribution < 1.29 is 9.18 Å². The Morgan fingerprint density at radius 1 is 1.59 bits per heavy atom. The fraction of sp³-hybridized carbons (Fsp3) is 0.417. The van der Waals surface area contributed by atoms with Gasteiger partial charge in [0.2, 0.25) is 0 Å². The van der Waals surface area contributed by atoms with Gasteiger partial charge in [0.25, 0.3) is 5.91 Å². The first-order valence-corrected chi connectivity index (χ1v) is 7.38. The van der Waals surface area contributed by atoms with Crippen molar-refractivity contribution in [2.75, 3.05) is 18.1 Å². The van der Waals surface area contributed by atoms with Crippen LogP contribution in [-0.4, -0.2) is 34.9 Å². The summed E-state index contributed by atoms with van der Waals surface area (Å²) in [6.45, 7) is 2.75. The van der Waals surface area contributed by atoms with Crippen LogP contribution in [0.2, 0.25) is 0 Å². The Morgan fingerprint density at radius 2 is 2.35 bits per heavy atom. The van der Waals surface area contributed by atoms with E-state index in [-0.39, 0.29) is 16.4 Å². The van der Waals surface area contributed by atoms with E-state index >= 15 is 0 Å². The number of carbonyl (C=O) groups excluding carboxylic acids is 1. The number of nitrogens with zero attached hydrogens (tertiary/aromatic N) is 1. The zero-order chi connectivity index (χ0) is 12.4. The van der Waals surface area contributed by atoms with Crippen LogP contribution in [0.3, 0.4) is 0 Å². The SMILES string of the molecule is CC1CSCCN1C(=O)c1cccc(F)c1Br. The molecular weight excluding hydrogens is 305 g/mol. The Hall–Kier alpha value is -0.550. The molecule has 1 aliphatic heterocycles. The number of amides is 1. The number of hydrogen-bond donors (Lipinski definition) is 0. The van der Waals surface area contributed by atoms with Crippen molar-refractivity contribution in [2.45, 2.75) is 13.0 Å². The second kappa shape index (κ2) is 5.40. The Kier molecular flexibility index (Phi) is 4.09. The summed E-state index contributed by atoms with van der Waals surface area (Å²) in [6.07, 6.45) is 0. The van der Waals surface area contributed by atoms with Crippen LogP contribution in [0, 0.1) is 5.82 Å². The van der Waals surface area contributed by atoms with Crippen molar-refractivity contribution in [2.24, 2.45) is 0 Å². The lowest BCUT2D eigenvalue weighted by Gasteiger charge is -2.33. The molecule has 2 nitrogen and oxygen atoms in total. The molecule has 5 heteroatoms. The van der Waals surface area contributed by atoms with Crippen LogP contribution in [-0.2, 0) is 0 Å². The fourth-order valence-corrected chi connectivity index (χ4v) is 3.30. The third-order valence-corrected chi connectivity index (χ3v) is 4.81. The average Bonchev–Trinajstić information content (AvgIpc) is 2.32. The summed E-state index contributed by atoms with van der Waals surface area (Å²) in [4.78, 5) is 14.1. The topological polar surface area (TPSA) is 20.3 Å². The molecule has 1 aromatic rings. The van der Waals surface area contributed by atoms with Crippen LogP contribution in [0.15, 0.2) is 22.7 Å². The Morgan fingerprint density at radius 3 is 3.06 bits per heavy atom. The highest BCUT2D eigenvalue weighted by Crippen LogP contribution is 2.24. The van der Waals surface area contributed by atoms with E-state index in [4.69, 9.17) is 0 Å². The first kappa shape index (κ1) is 12.9. The van der Waals surface area contributed by atoms with E-state index in [1.165, 1.54) is 6.07 Å². The molecule has 0 saturated carbocycles. The highest BCUT2D eigenvalue weighted by atomic mass is 79.9. The molecule has 1 aromatic carbocycles. The second-order valence-electron chi connectivity index (χ2n) is 4.02. The van der Waals surface area contributed by atoms with Gasteiger partial charge in [-0.1, -0.05) is 6.07 Å². The van der Waals surface area contributed by atoms with E-state index in [1.54, 1.807) is 12.1 Å². The molecule has 0 N–H and O–H groups in total. The second-order valence-corrected chi connectivity index (χ2v) is 5.97. The third kappa shape index (κ3) is 2.65. The van der Waals surface area contributed by atoms with Gasteiger partial charge in [0.1, 0.15) is 5.82 Å². The van der Waals surface area contributed by atoms with Gasteiger partial charge in [-0.15, -0.1) is 0 Å². The van der Waals surface area contributed by atoms with Crippen LogP contribution >= 0.6 is 27.7 Å². The van der Waals surface area contributed by atoms with Crippen LogP contribution < -0.4 is 0 Å². The molecule has 92 valence electrons. The molecule has 0 spiro atoms. The Balaban J connectivity index is 2.27. The van der Waals surface area contributed by atoms with Gasteiger partial charge in [0.15, 0.2) is 0 Å². The number of thioether (sulfide) groups is 1. The Labute approximate surface area is 113 Å². The predicted octanol–water partition coefficient (Wildman–Crippen LogP) is 3.17. The van der Waals surface area contributed by atoms with Crippen LogP contribution in [0.5, 0.6) is 0 Å². The molecule has 0 aliphatic carbocycles. The van der Waals surface area contributed by atoms with Crippen molar-refractivity contribution in [1.82, 2.24) is 4.90 Å². The molecule has 1 fully saturated rings. The van der Waals surface area contributed by atoms with Crippen molar-refractivity contribution in [3.63, 3.8) is 0 Å².